The van der Waals surface area contributed by atoms with Crippen molar-refractivity contribution >= 4 is 22.7 Å². The molecule has 3 heterocycles. The zero-order valence-electron chi connectivity index (χ0n) is 17.5. The van der Waals surface area contributed by atoms with Crippen LogP contribution in [0.1, 0.15) is 18.4 Å². The maximum absolute atomic E-state index is 5.92. The predicted molar refractivity (Wildman–Crippen MR) is 119 cm³/mol. The number of aromatic nitrogens is 5. The topological polar surface area (TPSA) is 75.0 Å². The average Bonchev–Trinajstić information content (AvgIpc) is 3.45. The van der Waals surface area contributed by atoms with Crippen LogP contribution in [-0.4, -0.2) is 44.6 Å². The third-order valence-electron chi connectivity index (χ3n) is 5.50. The summed E-state index contributed by atoms with van der Waals surface area (Å²) in [5.74, 6) is 1.63. The Labute approximate surface area is 184 Å². The Bertz CT molecular complexity index is 1200. The van der Waals surface area contributed by atoms with Crippen LogP contribution in [0.4, 0.5) is 0 Å². The highest BCUT2D eigenvalue weighted by Crippen LogP contribution is 2.34. The summed E-state index contributed by atoms with van der Waals surface area (Å²) in [6.07, 6.45) is 3.90. The molecular weight excluding hydrogens is 410 g/mol. The Morgan fingerprint density at radius 2 is 2.00 bits per heavy atom. The molecular formula is C23H23N5O2S. The Morgan fingerprint density at radius 1 is 1.13 bits per heavy atom. The molecule has 5 rings (SSSR count). The van der Waals surface area contributed by atoms with Crippen LogP contribution in [0.5, 0.6) is 5.75 Å². The van der Waals surface area contributed by atoms with Gasteiger partial charge in [-0.3, -0.25) is 4.57 Å². The van der Waals surface area contributed by atoms with Gasteiger partial charge in [0.25, 0.3) is 0 Å². The molecule has 0 spiro atoms. The zero-order chi connectivity index (χ0) is 21.2. The quantitative estimate of drug-likeness (QED) is 0.413. The van der Waals surface area contributed by atoms with Gasteiger partial charge in [0.1, 0.15) is 17.1 Å². The van der Waals surface area contributed by atoms with E-state index in [1.165, 1.54) is 11.8 Å². The first kappa shape index (κ1) is 20.0. The van der Waals surface area contributed by atoms with E-state index in [1.54, 1.807) is 13.4 Å². The van der Waals surface area contributed by atoms with Crippen LogP contribution >= 0.6 is 11.8 Å². The molecule has 8 heteroatoms. The van der Waals surface area contributed by atoms with E-state index in [0.29, 0.717) is 6.54 Å². The van der Waals surface area contributed by atoms with Crippen molar-refractivity contribution in [2.24, 2.45) is 0 Å². The van der Waals surface area contributed by atoms with E-state index < -0.39 is 0 Å². The average molecular weight is 434 g/mol. The highest BCUT2D eigenvalue weighted by atomic mass is 32.2. The monoisotopic (exact) mass is 433 g/mol. The van der Waals surface area contributed by atoms with E-state index in [1.807, 2.05) is 36.4 Å². The van der Waals surface area contributed by atoms with Gasteiger partial charge in [-0.25, -0.2) is 9.97 Å². The molecule has 0 amide bonds. The fourth-order valence-corrected chi connectivity index (χ4v) is 4.88. The van der Waals surface area contributed by atoms with Crippen molar-refractivity contribution in [2.75, 3.05) is 13.7 Å². The van der Waals surface area contributed by atoms with E-state index in [4.69, 9.17) is 9.47 Å². The van der Waals surface area contributed by atoms with Gasteiger partial charge in [-0.2, -0.15) is 0 Å². The summed E-state index contributed by atoms with van der Waals surface area (Å²) in [5.41, 5.74) is 3.06. The summed E-state index contributed by atoms with van der Waals surface area (Å²) in [6.45, 7) is 3.59. The lowest BCUT2D eigenvalue weighted by molar-refractivity contribution is 0.0953. The van der Waals surface area contributed by atoms with Crippen LogP contribution in [-0.2, 0) is 11.3 Å². The molecule has 31 heavy (non-hydrogen) atoms. The minimum absolute atomic E-state index is 0.163. The van der Waals surface area contributed by atoms with Gasteiger partial charge >= 0.3 is 0 Å². The van der Waals surface area contributed by atoms with Gasteiger partial charge in [0.2, 0.25) is 0 Å². The molecule has 0 bridgehead atoms. The lowest BCUT2D eigenvalue weighted by Gasteiger charge is -2.15. The highest BCUT2D eigenvalue weighted by molar-refractivity contribution is 7.99. The summed E-state index contributed by atoms with van der Waals surface area (Å²) in [4.78, 5) is 8.98. The molecule has 0 radical (unpaired) electrons. The molecule has 7 nitrogen and oxygen atoms in total. The molecule has 0 aliphatic carbocycles. The number of aryl methyl sites for hydroxylation is 1. The molecule has 1 aliphatic heterocycles. The third kappa shape index (κ3) is 4.00. The van der Waals surface area contributed by atoms with E-state index >= 15 is 0 Å². The minimum Gasteiger partial charge on any atom is -0.497 e. The van der Waals surface area contributed by atoms with Crippen LogP contribution in [0.3, 0.4) is 0 Å². The predicted octanol–water partition coefficient (Wildman–Crippen LogP) is 4.54. The van der Waals surface area contributed by atoms with Gasteiger partial charge in [0.05, 0.1) is 25.3 Å². The Morgan fingerprint density at radius 3 is 2.77 bits per heavy atom. The summed E-state index contributed by atoms with van der Waals surface area (Å²) in [6, 6.07) is 14.0. The van der Waals surface area contributed by atoms with Crippen LogP contribution in [0.2, 0.25) is 0 Å². The van der Waals surface area contributed by atoms with Gasteiger partial charge in [-0.1, -0.05) is 12.1 Å². The molecule has 2 aromatic carbocycles. The van der Waals surface area contributed by atoms with Crippen molar-refractivity contribution in [2.45, 2.75) is 42.6 Å². The van der Waals surface area contributed by atoms with Crippen molar-refractivity contribution in [1.29, 1.82) is 0 Å². The molecule has 1 unspecified atom stereocenters. The first-order valence-electron chi connectivity index (χ1n) is 10.3. The highest BCUT2D eigenvalue weighted by Gasteiger charge is 2.23. The SMILES string of the molecule is COc1ccc(-c2nnc(Sc3ncnc4cccc(C)c34)n2CC2CCCO2)cc1. The first-order valence-corrected chi connectivity index (χ1v) is 11.1. The first-order chi connectivity index (χ1) is 15.2. The number of rotatable bonds is 6. The van der Waals surface area contributed by atoms with E-state index in [2.05, 4.69) is 37.7 Å². The molecule has 0 N–H and O–H groups in total. The summed E-state index contributed by atoms with van der Waals surface area (Å²) in [7, 11) is 1.66. The van der Waals surface area contributed by atoms with Crippen molar-refractivity contribution in [1.82, 2.24) is 24.7 Å². The molecule has 158 valence electrons. The molecule has 0 saturated carbocycles. The van der Waals surface area contributed by atoms with Gasteiger partial charge in [0, 0.05) is 17.6 Å². The van der Waals surface area contributed by atoms with Gasteiger partial charge < -0.3 is 9.47 Å². The van der Waals surface area contributed by atoms with Crippen LogP contribution in [0.15, 0.2) is 59.0 Å². The number of nitrogens with zero attached hydrogens (tertiary/aromatic N) is 5. The molecule has 1 atom stereocenters. The maximum Gasteiger partial charge on any atom is 0.197 e. The lowest BCUT2D eigenvalue weighted by atomic mass is 10.1. The molecule has 1 fully saturated rings. The largest absolute Gasteiger partial charge is 0.497 e. The second-order valence-electron chi connectivity index (χ2n) is 7.53. The number of benzene rings is 2. The maximum atomic E-state index is 5.92. The molecule has 2 aromatic heterocycles. The number of hydrogen-bond acceptors (Lipinski definition) is 7. The Balaban J connectivity index is 1.56. The van der Waals surface area contributed by atoms with E-state index in [0.717, 1.165) is 63.2 Å². The lowest BCUT2D eigenvalue weighted by Crippen LogP contribution is -2.16. The molecule has 1 saturated heterocycles. The van der Waals surface area contributed by atoms with Gasteiger partial charge in [-0.15, -0.1) is 10.2 Å². The van der Waals surface area contributed by atoms with Crippen molar-refractivity contribution in [3.05, 3.63) is 54.4 Å². The Kier molecular flexibility index (Phi) is 5.57. The normalized spacial score (nSPS) is 16.1. The minimum atomic E-state index is 0.163. The second kappa shape index (κ2) is 8.64. The van der Waals surface area contributed by atoms with Crippen molar-refractivity contribution < 1.29 is 9.47 Å². The number of methoxy groups -OCH3 is 1. The van der Waals surface area contributed by atoms with E-state index in [-0.39, 0.29) is 6.10 Å². The smallest absolute Gasteiger partial charge is 0.197 e. The summed E-state index contributed by atoms with van der Waals surface area (Å²) in [5, 5.41) is 11.8. The summed E-state index contributed by atoms with van der Waals surface area (Å²) < 4.78 is 13.4. The van der Waals surface area contributed by atoms with Crippen LogP contribution < -0.4 is 4.74 Å². The fraction of sp³-hybridized carbons (Fsp3) is 0.304. The van der Waals surface area contributed by atoms with Crippen LogP contribution in [0.25, 0.3) is 22.3 Å². The number of hydrogen-bond donors (Lipinski definition) is 0. The van der Waals surface area contributed by atoms with E-state index in [9.17, 15) is 0 Å². The van der Waals surface area contributed by atoms with Gasteiger partial charge in [0.15, 0.2) is 11.0 Å². The number of ether oxygens (including phenoxy) is 2. The fourth-order valence-electron chi connectivity index (χ4n) is 3.88. The molecule has 4 aromatic rings. The van der Waals surface area contributed by atoms with Crippen molar-refractivity contribution in [3.8, 4) is 17.1 Å². The Hall–Kier alpha value is -2.97. The third-order valence-corrected chi connectivity index (χ3v) is 6.49. The summed E-state index contributed by atoms with van der Waals surface area (Å²) >= 11 is 1.52. The molecule has 1 aliphatic rings. The van der Waals surface area contributed by atoms with Gasteiger partial charge in [-0.05, 0) is 67.4 Å². The number of fused-ring (bicyclic) bond motifs is 1. The van der Waals surface area contributed by atoms with Crippen molar-refractivity contribution in [3.63, 3.8) is 0 Å². The second-order valence-corrected chi connectivity index (χ2v) is 8.49. The van der Waals surface area contributed by atoms with Crippen LogP contribution in [0, 0.1) is 6.92 Å². The zero-order valence-corrected chi connectivity index (χ0v) is 18.3. The standard InChI is InChI=1S/C23H23N5O2S/c1-15-5-3-7-19-20(15)22(25-14-24-19)31-23-27-26-21(16-8-10-17(29-2)11-9-16)28(23)13-18-6-4-12-30-18/h3,5,7-11,14,18H,4,6,12-13H2,1-2H3.